The molecule has 0 radical (unpaired) electrons. The number of carbonyl (C=O) groups is 1. The van der Waals surface area contributed by atoms with Crippen molar-refractivity contribution in [1.82, 2.24) is 10.3 Å². The molecule has 0 spiro atoms. The molecule has 2 unspecified atom stereocenters. The third-order valence-electron chi connectivity index (χ3n) is 7.20. The van der Waals surface area contributed by atoms with Crippen molar-refractivity contribution >= 4 is 22.4 Å². The predicted molar refractivity (Wildman–Crippen MR) is 129 cm³/mol. The summed E-state index contributed by atoms with van der Waals surface area (Å²) >= 11 is 0. The second kappa shape index (κ2) is 7.21. The van der Waals surface area contributed by atoms with E-state index in [0.717, 1.165) is 52.8 Å². The number of nitrogens with zero attached hydrogens (tertiary/aromatic N) is 2. The molecular weight excluding hydrogens is 396 g/mol. The maximum absolute atomic E-state index is 13.8. The van der Waals surface area contributed by atoms with Crippen LogP contribution in [0.4, 0.5) is 5.69 Å². The van der Waals surface area contributed by atoms with Crippen molar-refractivity contribution in [3.63, 3.8) is 0 Å². The summed E-state index contributed by atoms with van der Waals surface area (Å²) in [5, 5.41) is 13.8. The SMILES string of the molecule is CCc1cc2c(cc1N1CC(C)NC(C)C1)C(C)(C)c1[nH]c3cc(C#N)ccc3c1C2=O. The summed E-state index contributed by atoms with van der Waals surface area (Å²) in [5.41, 5.74) is 7.15. The summed E-state index contributed by atoms with van der Waals surface area (Å²) < 4.78 is 0. The topological polar surface area (TPSA) is 71.9 Å². The summed E-state index contributed by atoms with van der Waals surface area (Å²) in [6, 6.07) is 13.0. The molecule has 0 amide bonds. The van der Waals surface area contributed by atoms with Crippen LogP contribution in [0, 0.1) is 11.3 Å². The predicted octanol–water partition coefficient (Wildman–Crippen LogP) is 4.66. The molecule has 1 aromatic heterocycles. The number of benzene rings is 2. The zero-order chi connectivity index (χ0) is 22.8. The van der Waals surface area contributed by atoms with Crippen molar-refractivity contribution in [3.8, 4) is 6.07 Å². The van der Waals surface area contributed by atoms with Crippen molar-refractivity contribution in [2.24, 2.45) is 0 Å². The fraction of sp³-hybridized carbons (Fsp3) is 0.407. The number of aromatic amines is 1. The van der Waals surface area contributed by atoms with Crippen molar-refractivity contribution in [1.29, 1.82) is 5.26 Å². The largest absolute Gasteiger partial charge is 0.368 e. The molecule has 2 N–H and O–H groups in total. The number of ketones is 1. The van der Waals surface area contributed by atoms with Gasteiger partial charge in [-0.25, -0.2) is 0 Å². The summed E-state index contributed by atoms with van der Waals surface area (Å²) in [5.74, 6) is 0.0774. The number of H-pyrrole nitrogens is 1. The Morgan fingerprint density at radius 1 is 1.16 bits per heavy atom. The lowest BCUT2D eigenvalue weighted by atomic mass is 9.70. The van der Waals surface area contributed by atoms with Crippen molar-refractivity contribution < 1.29 is 4.79 Å². The van der Waals surface area contributed by atoms with Crippen LogP contribution < -0.4 is 10.2 Å². The third kappa shape index (κ3) is 2.97. The Labute approximate surface area is 189 Å². The molecule has 2 atom stereocenters. The van der Waals surface area contributed by atoms with Gasteiger partial charge in [-0.3, -0.25) is 4.79 Å². The number of aryl methyl sites for hydroxylation is 1. The average Bonchev–Trinajstić information content (AvgIpc) is 3.16. The van der Waals surface area contributed by atoms with E-state index in [1.807, 2.05) is 12.1 Å². The van der Waals surface area contributed by atoms with Gasteiger partial charge in [0, 0.05) is 58.4 Å². The molecule has 0 bridgehead atoms. The molecule has 1 aliphatic carbocycles. The summed E-state index contributed by atoms with van der Waals surface area (Å²) in [6.07, 6.45) is 0.884. The van der Waals surface area contributed by atoms with Gasteiger partial charge in [0.1, 0.15) is 0 Å². The molecule has 5 heteroatoms. The van der Waals surface area contributed by atoms with Gasteiger partial charge in [0.25, 0.3) is 0 Å². The van der Waals surface area contributed by atoms with E-state index in [-0.39, 0.29) is 11.2 Å². The standard InChI is InChI=1S/C27H30N4O/c1-6-18-10-20-21(11-23(18)31-13-15(2)29-16(3)14-31)27(4,5)26-24(25(20)32)19-8-7-17(12-28)9-22(19)30-26/h7-11,15-16,29-30H,6,13-14H2,1-5H3. The van der Waals surface area contributed by atoms with E-state index in [0.29, 0.717) is 17.6 Å². The van der Waals surface area contributed by atoms with Crippen LogP contribution in [0.5, 0.6) is 0 Å². The minimum absolute atomic E-state index is 0.0774. The van der Waals surface area contributed by atoms with Crippen LogP contribution in [0.25, 0.3) is 10.9 Å². The van der Waals surface area contributed by atoms with Gasteiger partial charge in [-0.15, -0.1) is 0 Å². The number of aromatic nitrogens is 1. The first kappa shape index (κ1) is 20.8. The minimum atomic E-state index is -0.351. The molecule has 1 fully saturated rings. The molecular formula is C27H30N4O. The maximum atomic E-state index is 13.8. The number of nitriles is 1. The van der Waals surface area contributed by atoms with Crippen LogP contribution in [-0.4, -0.2) is 35.9 Å². The highest BCUT2D eigenvalue weighted by molar-refractivity contribution is 6.20. The van der Waals surface area contributed by atoms with Crippen LogP contribution in [0.3, 0.4) is 0 Å². The molecule has 32 heavy (non-hydrogen) atoms. The molecule has 1 saturated heterocycles. The molecule has 3 aromatic rings. The van der Waals surface area contributed by atoms with Crippen LogP contribution in [0.2, 0.25) is 0 Å². The van der Waals surface area contributed by atoms with E-state index in [1.54, 1.807) is 6.07 Å². The monoisotopic (exact) mass is 426 g/mol. The lowest BCUT2D eigenvalue weighted by Crippen LogP contribution is -2.54. The van der Waals surface area contributed by atoms with Crippen LogP contribution in [0.1, 0.15) is 72.9 Å². The second-order valence-corrected chi connectivity index (χ2v) is 9.96. The highest BCUT2D eigenvalue weighted by Crippen LogP contribution is 2.45. The van der Waals surface area contributed by atoms with Crippen LogP contribution in [0.15, 0.2) is 30.3 Å². The number of carbonyl (C=O) groups excluding carboxylic acids is 1. The number of fused-ring (bicyclic) bond motifs is 4. The Morgan fingerprint density at radius 2 is 1.88 bits per heavy atom. The van der Waals surface area contributed by atoms with E-state index in [9.17, 15) is 10.1 Å². The number of nitrogens with one attached hydrogen (secondary N) is 2. The molecule has 2 aliphatic rings. The molecule has 164 valence electrons. The zero-order valence-corrected chi connectivity index (χ0v) is 19.5. The molecule has 2 heterocycles. The Balaban J connectivity index is 1.71. The van der Waals surface area contributed by atoms with Gasteiger partial charge in [0.15, 0.2) is 5.78 Å². The smallest absolute Gasteiger partial charge is 0.195 e. The van der Waals surface area contributed by atoms with Crippen molar-refractivity contribution in [2.45, 2.75) is 58.5 Å². The Morgan fingerprint density at radius 3 is 2.53 bits per heavy atom. The molecule has 5 rings (SSSR count). The lowest BCUT2D eigenvalue weighted by molar-refractivity contribution is 0.103. The number of piperazine rings is 1. The fourth-order valence-corrected chi connectivity index (χ4v) is 5.68. The molecule has 5 nitrogen and oxygen atoms in total. The van der Waals surface area contributed by atoms with Gasteiger partial charge in [0.2, 0.25) is 0 Å². The zero-order valence-electron chi connectivity index (χ0n) is 19.5. The normalized spacial score (nSPS) is 21.9. The summed E-state index contributed by atoms with van der Waals surface area (Å²) in [7, 11) is 0. The van der Waals surface area contributed by atoms with E-state index < -0.39 is 0 Å². The molecule has 0 saturated carbocycles. The highest BCUT2D eigenvalue weighted by atomic mass is 16.1. The van der Waals surface area contributed by atoms with Crippen LogP contribution in [-0.2, 0) is 11.8 Å². The van der Waals surface area contributed by atoms with E-state index >= 15 is 0 Å². The maximum Gasteiger partial charge on any atom is 0.195 e. The van der Waals surface area contributed by atoms with E-state index in [1.165, 1.54) is 11.3 Å². The Bertz CT molecular complexity index is 1280. The van der Waals surface area contributed by atoms with Gasteiger partial charge >= 0.3 is 0 Å². The van der Waals surface area contributed by atoms with Crippen molar-refractivity contribution in [3.05, 3.63) is 63.8 Å². The number of hydrogen-bond acceptors (Lipinski definition) is 4. The second-order valence-electron chi connectivity index (χ2n) is 9.96. The number of anilines is 1. The van der Waals surface area contributed by atoms with Gasteiger partial charge in [-0.05, 0) is 55.7 Å². The van der Waals surface area contributed by atoms with Gasteiger partial charge in [-0.1, -0.05) is 26.8 Å². The average molecular weight is 427 g/mol. The first-order valence-electron chi connectivity index (χ1n) is 11.5. The number of hydrogen-bond donors (Lipinski definition) is 2. The van der Waals surface area contributed by atoms with Crippen LogP contribution >= 0.6 is 0 Å². The first-order valence-corrected chi connectivity index (χ1v) is 11.5. The van der Waals surface area contributed by atoms with Gasteiger partial charge in [0.05, 0.1) is 17.2 Å². The molecule has 1 aliphatic heterocycles. The minimum Gasteiger partial charge on any atom is -0.368 e. The fourth-order valence-electron chi connectivity index (χ4n) is 5.68. The summed E-state index contributed by atoms with van der Waals surface area (Å²) in [4.78, 5) is 19.8. The Kier molecular flexibility index (Phi) is 4.69. The Hall–Kier alpha value is -3.10. The molecule has 2 aromatic carbocycles. The van der Waals surface area contributed by atoms with Crippen molar-refractivity contribution in [2.75, 3.05) is 18.0 Å². The number of rotatable bonds is 2. The summed E-state index contributed by atoms with van der Waals surface area (Å²) in [6.45, 7) is 12.9. The van der Waals surface area contributed by atoms with Gasteiger partial charge < -0.3 is 15.2 Å². The third-order valence-corrected chi connectivity index (χ3v) is 7.20. The highest BCUT2D eigenvalue weighted by Gasteiger charge is 2.40. The first-order chi connectivity index (χ1) is 15.2. The quantitative estimate of drug-likeness (QED) is 0.625. The van der Waals surface area contributed by atoms with E-state index in [4.69, 9.17) is 0 Å². The van der Waals surface area contributed by atoms with Gasteiger partial charge in [-0.2, -0.15) is 5.26 Å². The van der Waals surface area contributed by atoms with E-state index in [2.05, 4.69) is 68.0 Å². The lowest BCUT2D eigenvalue weighted by Gasteiger charge is -2.40.